The number of fused-ring (bicyclic) bond motifs is 1. The van der Waals surface area contributed by atoms with E-state index in [1.54, 1.807) is 18.2 Å². The van der Waals surface area contributed by atoms with E-state index in [4.69, 9.17) is 23.2 Å². The number of carbonyl (C=O) groups excluding carboxylic acids is 1. The molecule has 1 amide bonds. The smallest absolute Gasteiger partial charge is 0.264 e. The highest BCUT2D eigenvalue weighted by molar-refractivity contribution is 7.92. The van der Waals surface area contributed by atoms with Crippen LogP contribution in [0, 0.1) is 5.92 Å². The molecule has 0 aliphatic heterocycles. The first-order chi connectivity index (χ1) is 17.3. The van der Waals surface area contributed by atoms with Crippen LogP contribution in [0.4, 0.5) is 5.69 Å². The van der Waals surface area contributed by atoms with Gasteiger partial charge in [-0.15, -0.1) is 0 Å². The Kier molecular flexibility index (Phi) is 8.19. The molecule has 186 valence electrons. The molecule has 0 aromatic heterocycles. The van der Waals surface area contributed by atoms with Gasteiger partial charge in [-0.1, -0.05) is 90.8 Å². The van der Waals surface area contributed by atoms with E-state index < -0.39 is 22.5 Å². The van der Waals surface area contributed by atoms with Gasteiger partial charge < -0.3 is 5.32 Å². The Hall–Kier alpha value is -3.06. The Bertz CT molecular complexity index is 1470. The molecule has 0 radical (unpaired) electrons. The van der Waals surface area contributed by atoms with Crippen LogP contribution in [0.5, 0.6) is 0 Å². The van der Waals surface area contributed by atoms with Crippen molar-refractivity contribution in [1.29, 1.82) is 0 Å². The van der Waals surface area contributed by atoms with Gasteiger partial charge in [0, 0.05) is 6.54 Å². The number of halogens is 2. The Labute approximate surface area is 221 Å². The Morgan fingerprint density at radius 1 is 0.889 bits per heavy atom. The van der Waals surface area contributed by atoms with Crippen molar-refractivity contribution in [3.63, 3.8) is 0 Å². The molecule has 0 aliphatic rings. The molecule has 0 heterocycles. The molecule has 0 fully saturated rings. The van der Waals surface area contributed by atoms with Crippen LogP contribution < -0.4 is 9.62 Å². The lowest BCUT2D eigenvalue weighted by Crippen LogP contribution is -2.42. The molecule has 1 unspecified atom stereocenters. The normalized spacial score (nSPS) is 12.3. The minimum Gasteiger partial charge on any atom is -0.354 e. The number of hydrogen-bond acceptors (Lipinski definition) is 3. The lowest BCUT2D eigenvalue weighted by atomic mass is 9.96. The molecule has 0 saturated heterocycles. The van der Waals surface area contributed by atoms with Crippen molar-refractivity contribution in [1.82, 2.24) is 5.32 Å². The summed E-state index contributed by atoms with van der Waals surface area (Å²) in [6, 6.07) is 26.9. The topological polar surface area (TPSA) is 66.5 Å². The predicted molar refractivity (Wildman–Crippen MR) is 147 cm³/mol. The molecule has 0 aliphatic carbocycles. The van der Waals surface area contributed by atoms with Gasteiger partial charge in [0.15, 0.2) is 0 Å². The highest BCUT2D eigenvalue weighted by Crippen LogP contribution is 2.30. The number of anilines is 1. The van der Waals surface area contributed by atoms with Crippen LogP contribution in [-0.2, 0) is 21.2 Å². The summed E-state index contributed by atoms with van der Waals surface area (Å²) >= 11 is 12.2. The largest absolute Gasteiger partial charge is 0.354 e. The fourth-order valence-electron chi connectivity index (χ4n) is 4.07. The molecule has 1 atom stereocenters. The number of amides is 1. The standard InChI is InChI=1S/C28H26Cl2N2O3S/c1-20(16-22-10-7-9-21-8-5-6-13-25(21)22)18-31-28(33)19-32(23-14-15-26(29)27(30)17-23)36(34,35)24-11-3-2-4-12-24/h2-15,17,20H,16,18-19H2,1H3,(H,31,33). The minimum atomic E-state index is -4.02. The van der Waals surface area contributed by atoms with Crippen molar-refractivity contribution in [2.45, 2.75) is 18.2 Å². The van der Waals surface area contributed by atoms with Crippen LogP contribution in [0.2, 0.25) is 10.0 Å². The first-order valence-corrected chi connectivity index (χ1v) is 13.7. The lowest BCUT2D eigenvalue weighted by Gasteiger charge is -2.25. The molecule has 0 bridgehead atoms. The third kappa shape index (κ3) is 6.01. The van der Waals surface area contributed by atoms with Crippen molar-refractivity contribution < 1.29 is 13.2 Å². The fourth-order valence-corrected chi connectivity index (χ4v) is 5.79. The quantitative estimate of drug-likeness (QED) is 0.269. The summed E-state index contributed by atoms with van der Waals surface area (Å²) in [5.41, 5.74) is 1.46. The van der Waals surface area contributed by atoms with E-state index in [0.717, 1.165) is 10.7 Å². The van der Waals surface area contributed by atoms with Crippen LogP contribution >= 0.6 is 23.2 Å². The Balaban J connectivity index is 1.49. The zero-order chi connectivity index (χ0) is 25.7. The number of rotatable bonds is 9. The maximum absolute atomic E-state index is 13.4. The lowest BCUT2D eigenvalue weighted by molar-refractivity contribution is -0.119. The van der Waals surface area contributed by atoms with Gasteiger partial charge in [0.25, 0.3) is 10.0 Å². The molecule has 4 aromatic carbocycles. The van der Waals surface area contributed by atoms with Gasteiger partial charge in [-0.3, -0.25) is 9.10 Å². The van der Waals surface area contributed by atoms with Gasteiger partial charge >= 0.3 is 0 Å². The molecule has 8 heteroatoms. The highest BCUT2D eigenvalue weighted by Gasteiger charge is 2.27. The number of hydrogen-bond donors (Lipinski definition) is 1. The monoisotopic (exact) mass is 540 g/mol. The minimum absolute atomic E-state index is 0.0770. The second-order valence-electron chi connectivity index (χ2n) is 8.67. The van der Waals surface area contributed by atoms with Crippen molar-refractivity contribution in [2.24, 2.45) is 5.92 Å². The van der Waals surface area contributed by atoms with E-state index >= 15 is 0 Å². The van der Waals surface area contributed by atoms with Crippen LogP contribution in [0.3, 0.4) is 0 Å². The summed E-state index contributed by atoms with van der Waals surface area (Å²) in [6.07, 6.45) is 0.778. The number of nitrogens with zero attached hydrogens (tertiary/aromatic N) is 1. The number of benzene rings is 4. The van der Waals surface area contributed by atoms with E-state index in [9.17, 15) is 13.2 Å². The maximum atomic E-state index is 13.4. The number of nitrogens with one attached hydrogen (secondary N) is 1. The number of carbonyl (C=O) groups is 1. The number of sulfonamides is 1. The summed E-state index contributed by atoms with van der Waals surface area (Å²) in [6.45, 7) is 2.07. The molecule has 1 N–H and O–H groups in total. The van der Waals surface area contributed by atoms with Crippen LogP contribution in [0.15, 0.2) is 95.9 Å². The van der Waals surface area contributed by atoms with Gasteiger partial charge in [-0.25, -0.2) is 8.42 Å². The van der Waals surface area contributed by atoms with Crippen molar-refractivity contribution in [2.75, 3.05) is 17.4 Å². The zero-order valence-electron chi connectivity index (χ0n) is 19.7. The summed E-state index contributed by atoms with van der Waals surface area (Å²) in [4.78, 5) is 13.0. The molecule has 5 nitrogen and oxygen atoms in total. The molecular formula is C28H26Cl2N2O3S. The molecular weight excluding hydrogens is 515 g/mol. The average Bonchev–Trinajstić information content (AvgIpc) is 2.88. The van der Waals surface area contributed by atoms with E-state index in [1.807, 2.05) is 18.2 Å². The highest BCUT2D eigenvalue weighted by atomic mass is 35.5. The first-order valence-electron chi connectivity index (χ1n) is 11.5. The van der Waals surface area contributed by atoms with Crippen molar-refractivity contribution in [3.05, 3.63) is 107 Å². The second-order valence-corrected chi connectivity index (χ2v) is 11.4. The molecule has 0 saturated carbocycles. The van der Waals surface area contributed by atoms with Crippen LogP contribution in [0.25, 0.3) is 10.8 Å². The molecule has 4 rings (SSSR count). The predicted octanol–water partition coefficient (Wildman–Crippen LogP) is 6.34. The average molecular weight is 542 g/mol. The van der Waals surface area contributed by atoms with Gasteiger partial charge in [-0.05, 0) is 59.0 Å². The van der Waals surface area contributed by atoms with E-state index in [2.05, 4.69) is 36.5 Å². The summed E-state index contributed by atoms with van der Waals surface area (Å²) in [5.74, 6) is -0.269. The summed E-state index contributed by atoms with van der Waals surface area (Å²) in [5, 5.41) is 5.76. The first kappa shape index (κ1) is 26.0. The van der Waals surface area contributed by atoms with Crippen molar-refractivity contribution in [3.8, 4) is 0 Å². The SMILES string of the molecule is CC(CNC(=O)CN(c1ccc(Cl)c(Cl)c1)S(=O)(=O)c1ccccc1)Cc1cccc2ccccc12. The fraction of sp³-hybridized carbons (Fsp3) is 0.179. The van der Waals surface area contributed by atoms with E-state index in [1.165, 1.54) is 46.7 Å². The van der Waals surface area contributed by atoms with Gasteiger partial charge in [-0.2, -0.15) is 0 Å². The van der Waals surface area contributed by atoms with Crippen LogP contribution in [0.1, 0.15) is 12.5 Å². The van der Waals surface area contributed by atoms with Gasteiger partial charge in [0.2, 0.25) is 5.91 Å². The molecule has 0 spiro atoms. The third-order valence-electron chi connectivity index (χ3n) is 5.91. The maximum Gasteiger partial charge on any atom is 0.264 e. The molecule has 4 aromatic rings. The summed E-state index contributed by atoms with van der Waals surface area (Å²) < 4.78 is 27.9. The second kappa shape index (κ2) is 11.3. The van der Waals surface area contributed by atoms with E-state index in [-0.39, 0.29) is 21.5 Å². The van der Waals surface area contributed by atoms with E-state index in [0.29, 0.717) is 11.6 Å². The zero-order valence-corrected chi connectivity index (χ0v) is 22.0. The van der Waals surface area contributed by atoms with Crippen LogP contribution in [-0.4, -0.2) is 27.4 Å². The third-order valence-corrected chi connectivity index (χ3v) is 8.43. The molecule has 36 heavy (non-hydrogen) atoms. The summed E-state index contributed by atoms with van der Waals surface area (Å²) in [7, 11) is -4.02. The van der Waals surface area contributed by atoms with Gasteiger partial charge in [0.05, 0.1) is 20.6 Å². The Morgan fingerprint density at radius 3 is 2.33 bits per heavy atom. The van der Waals surface area contributed by atoms with Gasteiger partial charge in [0.1, 0.15) is 6.54 Å². The van der Waals surface area contributed by atoms with Crippen molar-refractivity contribution >= 4 is 55.6 Å². The Morgan fingerprint density at radius 2 is 1.58 bits per heavy atom.